The summed E-state index contributed by atoms with van der Waals surface area (Å²) >= 11 is 1.83. The lowest BCUT2D eigenvalue weighted by Crippen LogP contribution is -2.38. The summed E-state index contributed by atoms with van der Waals surface area (Å²) in [4.78, 5) is 30.8. The molecular formula is C23H26N2O2S. The minimum atomic E-state index is -0.241. The van der Waals surface area contributed by atoms with E-state index in [0.29, 0.717) is 24.8 Å². The van der Waals surface area contributed by atoms with Crippen molar-refractivity contribution in [3.63, 3.8) is 0 Å². The molecule has 28 heavy (non-hydrogen) atoms. The molecule has 0 aromatic heterocycles. The fraction of sp³-hybridized carbons (Fsp3) is 0.391. The van der Waals surface area contributed by atoms with Crippen LogP contribution in [0.4, 0.5) is 5.69 Å². The van der Waals surface area contributed by atoms with Crippen molar-refractivity contribution < 1.29 is 9.59 Å². The number of nitrogens with zero attached hydrogens (tertiary/aromatic N) is 2. The molecule has 146 valence electrons. The summed E-state index contributed by atoms with van der Waals surface area (Å²) in [6, 6.07) is 18.3. The smallest absolute Gasteiger partial charge is 0.232 e. The van der Waals surface area contributed by atoms with Gasteiger partial charge in [-0.25, -0.2) is 0 Å². The molecule has 2 aromatic rings. The van der Waals surface area contributed by atoms with E-state index in [9.17, 15) is 9.59 Å². The van der Waals surface area contributed by atoms with Crippen molar-refractivity contribution in [2.45, 2.75) is 36.3 Å². The Morgan fingerprint density at radius 1 is 1.11 bits per heavy atom. The number of anilines is 1. The number of fused-ring (bicyclic) bond motifs is 1. The van der Waals surface area contributed by atoms with Crippen molar-refractivity contribution in [1.82, 2.24) is 4.90 Å². The van der Waals surface area contributed by atoms with Gasteiger partial charge in [0.05, 0.1) is 11.6 Å². The summed E-state index contributed by atoms with van der Waals surface area (Å²) in [6.45, 7) is 4.14. The van der Waals surface area contributed by atoms with Crippen molar-refractivity contribution in [3.05, 3.63) is 60.2 Å². The monoisotopic (exact) mass is 394 g/mol. The highest BCUT2D eigenvalue weighted by Gasteiger charge is 2.37. The molecule has 2 aliphatic heterocycles. The first kappa shape index (κ1) is 19.1. The van der Waals surface area contributed by atoms with Gasteiger partial charge in [0.15, 0.2) is 0 Å². The molecular weight excluding hydrogens is 368 g/mol. The van der Waals surface area contributed by atoms with E-state index in [0.717, 1.165) is 30.0 Å². The second kappa shape index (κ2) is 8.39. The number of carbonyl (C=O) groups is 2. The molecule has 2 unspecified atom stereocenters. The molecule has 0 N–H and O–H groups in total. The number of hydrogen-bond acceptors (Lipinski definition) is 3. The molecule has 2 aliphatic rings. The van der Waals surface area contributed by atoms with Crippen LogP contribution in [0.5, 0.6) is 0 Å². The van der Waals surface area contributed by atoms with Gasteiger partial charge in [-0.05, 0) is 30.5 Å². The van der Waals surface area contributed by atoms with E-state index in [1.54, 1.807) is 0 Å². The van der Waals surface area contributed by atoms with Gasteiger partial charge in [0.1, 0.15) is 0 Å². The summed E-state index contributed by atoms with van der Waals surface area (Å²) in [6.07, 6.45) is 2.12. The van der Waals surface area contributed by atoms with E-state index >= 15 is 0 Å². The van der Waals surface area contributed by atoms with Crippen LogP contribution >= 0.6 is 11.8 Å². The Bertz CT molecular complexity index is 855. The zero-order valence-corrected chi connectivity index (χ0v) is 17.0. The molecule has 2 heterocycles. The number of likely N-dealkylation sites (tertiary alicyclic amines) is 1. The van der Waals surface area contributed by atoms with Gasteiger partial charge in [0.2, 0.25) is 11.8 Å². The number of para-hydroxylation sites is 1. The van der Waals surface area contributed by atoms with Crippen molar-refractivity contribution in [3.8, 4) is 0 Å². The zero-order chi connectivity index (χ0) is 19.5. The normalized spacial score (nSPS) is 22.1. The molecule has 1 fully saturated rings. The molecule has 4 nitrogen and oxygen atoms in total. The lowest BCUT2D eigenvalue weighted by molar-refractivity contribution is -0.128. The fourth-order valence-corrected chi connectivity index (χ4v) is 5.11. The van der Waals surface area contributed by atoms with E-state index < -0.39 is 0 Å². The summed E-state index contributed by atoms with van der Waals surface area (Å²) in [7, 11) is 0. The quantitative estimate of drug-likeness (QED) is 0.787. The number of carbonyl (C=O) groups excluding carboxylic acids is 2. The number of benzene rings is 2. The first-order valence-electron chi connectivity index (χ1n) is 10.0. The number of hydrogen-bond donors (Lipinski definition) is 0. The zero-order valence-electron chi connectivity index (χ0n) is 16.2. The van der Waals surface area contributed by atoms with Crippen LogP contribution < -0.4 is 4.90 Å². The average molecular weight is 395 g/mol. The minimum Gasteiger partial charge on any atom is -0.342 e. The third-order valence-corrected chi connectivity index (χ3v) is 6.82. The van der Waals surface area contributed by atoms with Crippen LogP contribution in [0.2, 0.25) is 0 Å². The predicted molar refractivity (Wildman–Crippen MR) is 114 cm³/mol. The third-order valence-electron chi connectivity index (χ3n) is 5.59. The molecule has 5 heteroatoms. The Balaban J connectivity index is 1.44. The SMILES string of the molecule is CC1CCN(C(=O)C2CC(=O)N(CCc3ccccc3)C2)c2ccccc2S1. The Labute approximate surface area is 170 Å². The Morgan fingerprint density at radius 2 is 1.86 bits per heavy atom. The van der Waals surface area contributed by atoms with Crippen LogP contribution in [-0.2, 0) is 16.0 Å². The van der Waals surface area contributed by atoms with Crippen molar-refractivity contribution in [1.29, 1.82) is 0 Å². The van der Waals surface area contributed by atoms with Crippen LogP contribution in [0, 0.1) is 5.92 Å². The van der Waals surface area contributed by atoms with Crippen molar-refractivity contribution >= 4 is 29.3 Å². The summed E-state index contributed by atoms with van der Waals surface area (Å²) < 4.78 is 0. The maximum absolute atomic E-state index is 13.3. The molecule has 4 rings (SSSR count). The highest BCUT2D eigenvalue weighted by Crippen LogP contribution is 2.38. The van der Waals surface area contributed by atoms with Gasteiger partial charge in [-0.3, -0.25) is 9.59 Å². The average Bonchev–Trinajstić information content (AvgIpc) is 2.99. The largest absolute Gasteiger partial charge is 0.342 e. The second-order valence-electron chi connectivity index (χ2n) is 7.65. The van der Waals surface area contributed by atoms with E-state index in [1.807, 2.05) is 58.0 Å². The molecule has 2 atom stereocenters. The highest BCUT2D eigenvalue weighted by molar-refractivity contribution is 8.00. The van der Waals surface area contributed by atoms with Crippen molar-refractivity contribution in [2.24, 2.45) is 5.92 Å². The van der Waals surface area contributed by atoms with Crippen LogP contribution in [0.25, 0.3) is 0 Å². The van der Waals surface area contributed by atoms with Crippen LogP contribution in [0.15, 0.2) is 59.5 Å². The van der Waals surface area contributed by atoms with Gasteiger partial charge in [-0.2, -0.15) is 0 Å². The highest BCUT2D eigenvalue weighted by atomic mass is 32.2. The maximum atomic E-state index is 13.3. The Hall–Kier alpha value is -2.27. The predicted octanol–water partition coefficient (Wildman–Crippen LogP) is 4.00. The first-order chi connectivity index (χ1) is 13.6. The summed E-state index contributed by atoms with van der Waals surface area (Å²) in [5, 5.41) is 0.478. The van der Waals surface area contributed by atoms with Gasteiger partial charge >= 0.3 is 0 Å². The summed E-state index contributed by atoms with van der Waals surface area (Å²) in [5.41, 5.74) is 2.22. The van der Waals surface area contributed by atoms with Gasteiger partial charge in [0, 0.05) is 36.2 Å². The van der Waals surface area contributed by atoms with Crippen LogP contribution in [-0.4, -0.2) is 41.6 Å². The van der Waals surface area contributed by atoms with E-state index in [4.69, 9.17) is 0 Å². The molecule has 1 saturated heterocycles. The van der Waals surface area contributed by atoms with Gasteiger partial charge < -0.3 is 9.80 Å². The molecule has 0 radical (unpaired) electrons. The minimum absolute atomic E-state index is 0.0951. The van der Waals surface area contributed by atoms with Gasteiger partial charge in [0.25, 0.3) is 0 Å². The Morgan fingerprint density at radius 3 is 2.68 bits per heavy atom. The standard InChI is InChI=1S/C23H26N2O2S/c1-17-11-14-25(20-9-5-6-10-21(20)28-17)23(27)19-15-22(26)24(16-19)13-12-18-7-3-2-4-8-18/h2-10,17,19H,11-16H2,1H3. The van der Waals surface area contributed by atoms with Crippen LogP contribution in [0.3, 0.4) is 0 Å². The lowest BCUT2D eigenvalue weighted by atomic mass is 10.1. The molecule has 0 saturated carbocycles. The molecule has 0 bridgehead atoms. The molecule has 0 aliphatic carbocycles. The number of rotatable bonds is 4. The topological polar surface area (TPSA) is 40.6 Å². The third kappa shape index (κ3) is 4.09. The van der Waals surface area contributed by atoms with Gasteiger partial charge in [-0.1, -0.05) is 49.4 Å². The van der Waals surface area contributed by atoms with E-state index in [-0.39, 0.29) is 17.7 Å². The molecule has 2 amide bonds. The number of amides is 2. The maximum Gasteiger partial charge on any atom is 0.232 e. The Kier molecular flexibility index (Phi) is 5.72. The van der Waals surface area contributed by atoms with Crippen LogP contribution in [0.1, 0.15) is 25.3 Å². The molecule has 2 aromatic carbocycles. The number of thioether (sulfide) groups is 1. The summed E-state index contributed by atoms with van der Waals surface area (Å²) in [5.74, 6) is -0.0485. The fourth-order valence-electron chi connectivity index (χ4n) is 4.00. The van der Waals surface area contributed by atoms with Crippen molar-refractivity contribution in [2.75, 3.05) is 24.5 Å². The first-order valence-corrected chi connectivity index (χ1v) is 10.9. The molecule has 0 spiro atoms. The van der Waals surface area contributed by atoms with Gasteiger partial charge in [-0.15, -0.1) is 11.8 Å². The van der Waals surface area contributed by atoms with E-state index in [2.05, 4.69) is 25.1 Å². The van der Waals surface area contributed by atoms with E-state index in [1.165, 1.54) is 5.56 Å². The lowest BCUT2D eigenvalue weighted by Gasteiger charge is -2.25. The second-order valence-corrected chi connectivity index (χ2v) is 9.13.